The van der Waals surface area contributed by atoms with Crippen LogP contribution in [0.25, 0.3) is 10.6 Å². The van der Waals surface area contributed by atoms with Crippen LogP contribution < -0.4 is 5.73 Å². The summed E-state index contributed by atoms with van der Waals surface area (Å²) >= 11 is 3.48. The lowest BCUT2D eigenvalue weighted by Crippen LogP contribution is -2.01. The molecule has 0 aromatic carbocycles. The molecule has 5 heteroatoms. The van der Waals surface area contributed by atoms with Gasteiger partial charge in [-0.15, -0.1) is 22.7 Å². The molecule has 0 unspecified atom stereocenters. The summed E-state index contributed by atoms with van der Waals surface area (Å²) in [6.07, 6.45) is 1.78. The molecule has 2 heterocycles. The summed E-state index contributed by atoms with van der Waals surface area (Å²) in [6, 6.07) is 4.17. The van der Waals surface area contributed by atoms with Crippen LogP contribution in [0.15, 0.2) is 17.5 Å². The van der Waals surface area contributed by atoms with Crippen molar-refractivity contribution in [2.24, 2.45) is 5.73 Å². The zero-order valence-electron chi connectivity index (χ0n) is 9.81. The van der Waals surface area contributed by atoms with Crippen LogP contribution in [0.5, 0.6) is 0 Å². The molecule has 92 valence electrons. The number of aromatic nitrogens is 1. The van der Waals surface area contributed by atoms with Gasteiger partial charge >= 0.3 is 0 Å². The number of rotatable bonds is 6. The van der Waals surface area contributed by atoms with Gasteiger partial charge in [-0.1, -0.05) is 6.07 Å². The highest BCUT2D eigenvalue weighted by Gasteiger charge is 2.13. The summed E-state index contributed by atoms with van der Waals surface area (Å²) in [5, 5.41) is 3.22. The molecule has 0 saturated heterocycles. The van der Waals surface area contributed by atoms with E-state index in [9.17, 15) is 0 Å². The first-order valence-electron chi connectivity index (χ1n) is 5.56. The predicted octanol–water partition coefficient (Wildman–Crippen LogP) is 2.56. The van der Waals surface area contributed by atoms with E-state index in [4.69, 9.17) is 15.5 Å². The summed E-state index contributed by atoms with van der Waals surface area (Å²) in [4.78, 5) is 7.22. The summed E-state index contributed by atoms with van der Waals surface area (Å²) in [5.41, 5.74) is 6.76. The molecule has 17 heavy (non-hydrogen) atoms. The number of hydrogen-bond acceptors (Lipinski definition) is 5. The number of thiazole rings is 1. The summed E-state index contributed by atoms with van der Waals surface area (Å²) < 4.78 is 5.09. The van der Waals surface area contributed by atoms with Crippen LogP contribution >= 0.6 is 22.7 Å². The van der Waals surface area contributed by atoms with Crippen molar-refractivity contribution in [2.75, 3.05) is 20.3 Å². The van der Waals surface area contributed by atoms with Crippen molar-refractivity contribution in [2.45, 2.75) is 12.8 Å². The molecule has 2 rings (SSSR count). The van der Waals surface area contributed by atoms with Gasteiger partial charge in [0.15, 0.2) is 0 Å². The monoisotopic (exact) mass is 268 g/mol. The maximum absolute atomic E-state index is 5.65. The number of thiophene rings is 1. The van der Waals surface area contributed by atoms with Crippen molar-refractivity contribution in [1.82, 2.24) is 4.98 Å². The second-order valence-electron chi connectivity index (χ2n) is 3.64. The molecular formula is C12H16N2OS2. The second kappa shape index (κ2) is 6.26. The minimum atomic E-state index is 0.671. The van der Waals surface area contributed by atoms with Crippen molar-refractivity contribution in [3.8, 4) is 10.6 Å². The van der Waals surface area contributed by atoms with Crippen LogP contribution in [-0.2, 0) is 17.6 Å². The first-order valence-corrected chi connectivity index (χ1v) is 7.26. The lowest BCUT2D eigenvalue weighted by molar-refractivity contribution is 0.202. The molecule has 0 saturated carbocycles. The second-order valence-corrected chi connectivity index (χ2v) is 5.75. The van der Waals surface area contributed by atoms with Crippen molar-refractivity contribution in [3.63, 3.8) is 0 Å². The van der Waals surface area contributed by atoms with Crippen molar-refractivity contribution < 1.29 is 4.74 Å². The highest BCUT2D eigenvalue weighted by Crippen LogP contribution is 2.31. The maximum Gasteiger partial charge on any atom is 0.0958 e. The Bertz CT molecular complexity index is 451. The lowest BCUT2D eigenvalue weighted by Gasteiger charge is -1.96. The third-order valence-corrected chi connectivity index (χ3v) is 4.44. The van der Waals surface area contributed by atoms with E-state index in [2.05, 4.69) is 17.5 Å². The molecule has 0 aliphatic rings. The van der Waals surface area contributed by atoms with Crippen LogP contribution in [0.2, 0.25) is 0 Å². The molecule has 0 spiro atoms. The first-order chi connectivity index (χ1) is 8.35. The number of nitrogens with two attached hydrogens (primary N) is 1. The average Bonchev–Trinajstić information content (AvgIpc) is 2.95. The quantitative estimate of drug-likeness (QED) is 0.876. The van der Waals surface area contributed by atoms with Gasteiger partial charge in [-0.05, 0) is 24.4 Å². The fraction of sp³-hybridized carbons (Fsp3) is 0.417. The van der Waals surface area contributed by atoms with E-state index >= 15 is 0 Å². The van der Waals surface area contributed by atoms with Gasteiger partial charge in [0.2, 0.25) is 0 Å². The molecule has 0 radical (unpaired) electrons. The Morgan fingerprint density at radius 1 is 1.41 bits per heavy atom. The van der Waals surface area contributed by atoms with Gasteiger partial charge in [0.05, 0.1) is 22.2 Å². The van der Waals surface area contributed by atoms with E-state index < -0.39 is 0 Å². The Labute approximate surface area is 109 Å². The van der Waals surface area contributed by atoms with Crippen molar-refractivity contribution in [1.29, 1.82) is 0 Å². The van der Waals surface area contributed by atoms with Gasteiger partial charge in [-0.2, -0.15) is 0 Å². The molecule has 2 N–H and O–H groups in total. The maximum atomic E-state index is 5.65. The normalized spacial score (nSPS) is 10.9. The Morgan fingerprint density at radius 3 is 2.94 bits per heavy atom. The summed E-state index contributed by atoms with van der Waals surface area (Å²) in [7, 11) is 1.72. The number of methoxy groups -OCH3 is 1. The molecule has 2 aromatic heterocycles. The number of ether oxygens (including phenoxy) is 1. The number of nitrogens with zero attached hydrogens (tertiary/aromatic N) is 1. The zero-order chi connectivity index (χ0) is 12.1. The summed E-state index contributed by atoms with van der Waals surface area (Å²) in [5.74, 6) is 0. The van der Waals surface area contributed by atoms with E-state index in [1.165, 1.54) is 9.75 Å². The molecule has 2 aromatic rings. The van der Waals surface area contributed by atoms with E-state index in [0.29, 0.717) is 6.54 Å². The van der Waals surface area contributed by atoms with Crippen LogP contribution in [0, 0.1) is 0 Å². The molecule has 3 nitrogen and oxygen atoms in total. The molecule has 0 atom stereocenters. The third-order valence-electron chi connectivity index (χ3n) is 2.39. The largest absolute Gasteiger partial charge is 0.384 e. The Morgan fingerprint density at radius 2 is 2.29 bits per heavy atom. The fourth-order valence-corrected chi connectivity index (χ4v) is 3.49. The van der Waals surface area contributed by atoms with Crippen molar-refractivity contribution >= 4 is 22.7 Å². The van der Waals surface area contributed by atoms with E-state index in [-0.39, 0.29) is 0 Å². The van der Waals surface area contributed by atoms with E-state index in [1.54, 1.807) is 29.8 Å². The van der Waals surface area contributed by atoms with Crippen molar-refractivity contribution in [3.05, 3.63) is 27.4 Å². The van der Waals surface area contributed by atoms with Gasteiger partial charge < -0.3 is 10.5 Å². The van der Waals surface area contributed by atoms with Gasteiger partial charge in [-0.25, -0.2) is 4.98 Å². The molecule has 0 amide bonds. The van der Waals surface area contributed by atoms with Crippen LogP contribution in [0.1, 0.15) is 9.88 Å². The molecule has 0 aliphatic carbocycles. The van der Waals surface area contributed by atoms with E-state index in [1.807, 2.05) is 0 Å². The van der Waals surface area contributed by atoms with Gasteiger partial charge in [0.25, 0.3) is 0 Å². The Hall–Kier alpha value is -0.750. The topological polar surface area (TPSA) is 48.1 Å². The van der Waals surface area contributed by atoms with E-state index in [0.717, 1.165) is 30.2 Å². The minimum absolute atomic E-state index is 0.671. The zero-order valence-corrected chi connectivity index (χ0v) is 11.4. The van der Waals surface area contributed by atoms with Crippen LogP contribution in [-0.4, -0.2) is 25.2 Å². The third kappa shape index (κ3) is 3.13. The fourth-order valence-electron chi connectivity index (χ4n) is 1.60. The van der Waals surface area contributed by atoms with Crippen LogP contribution in [0.3, 0.4) is 0 Å². The van der Waals surface area contributed by atoms with Gasteiger partial charge in [0, 0.05) is 18.4 Å². The van der Waals surface area contributed by atoms with Crippen LogP contribution in [0.4, 0.5) is 0 Å². The minimum Gasteiger partial charge on any atom is -0.384 e. The first kappa shape index (κ1) is 12.7. The average molecular weight is 268 g/mol. The predicted molar refractivity (Wildman–Crippen MR) is 73.8 cm³/mol. The molecule has 0 fully saturated rings. The molecular weight excluding hydrogens is 252 g/mol. The van der Waals surface area contributed by atoms with Gasteiger partial charge in [0.1, 0.15) is 0 Å². The van der Waals surface area contributed by atoms with Gasteiger partial charge in [-0.3, -0.25) is 0 Å². The number of hydrogen-bond donors (Lipinski definition) is 1. The summed E-state index contributed by atoms with van der Waals surface area (Å²) in [6.45, 7) is 1.39. The molecule has 0 aliphatic heterocycles. The SMILES string of the molecule is COCCc1nc(-c2cccs2)c(CCN)s1. The standard InChI is InChI=1S/C12H16N2OS2/c1-15-7-5-11-14-12(9-3-2-8-16-9)10(17-11)4-6-13/h2-3,8H,4-7,13H2,1H3. The lowest BCUT2D eigenvalue weighted by atomic mass is 10.2. The smallest absolute Gasteiger partial charge is 0.0958 e. The molecule has 0 bridgehead atoms. The Balaban J connectivity index is 2.25. The highest BCUT2D eigenvalue weighted by molar-refractivity contribution is 7.15. The highest BCUT2D eigenvalue weighted by atomic mass is 32.1. The Kier molecular flexibility index (Phi) is 4.67.